The molecule has 0 saturated heterocycles. The molecule has 100 valence electrons. The van der Waals surface area contributed by atoms with Gasteiger partial charge in [-0.25, -0.2) is 4.79 Å². The highest BCUT2D eigenvalue weighted by molar-refractivity contribution is 5.96. The van der Waals surface area contributed by atoms with E-state index < -0.39 is 0 Å². The molecule has 1 heterocycles. The van der Waals surface area contributed by atoms with E-state index >= 15 is 0 Å². The van der Waals surface area contributed by atoms with Crippen molar-refractivity contribution in [2.24, 2.45) is 0 Å². The summed E-state index contributed by atoms with van der Waals surface area (Å²) >= 11 is 0. The average molecular weight is 257 g/mol. The predicted octanol–water partition coefficient (Wildman–Crippen LogP) is 3.65. The molecule has 0 saturated carbocycles. The summed E-state index contributed by atoms with van der Waals surface area (Å²) in [5.41, 5.74) is 6.35. The molecule has 0 spiro atoms. The Balaban J connectivity index is 2.70. The molecule has 19 heavy (non-hydrogen) atoms. The smallest absolute Gasteiger partial charge is 0.339 e. The average Bonchev–Trinajstić information content (AvgIpc) is 2.42. The van der Waals surface area contributed by atoms with Crippen molar-refractivity contribution in [1.29, 1.82) is 0 Å². The number of aryl methyl sites for hydroxylation is 2. The second-order valence-electron chi connectivity index (χ2n) is 4.84. The lowest BCUT2D eigenvalue weighted by molar-refractivity contribution is 0.0526. The number of carbonyl (C=O) groups is 1. The molecule has 0 fully saturated rings. The lowest BCUT2D eigenvalue weighted by atomic mass is 9.94. The van der Waals surface area contributed by atoms with Gasteiger partial charge < -0.3 is 4.74 Å². The van der Waals surface area contributed by atoms with Crippen LogP contribution in [-0.2, 0) is 4.74 Å². The van der Waals surface area contributed by atoms with Gasteiger partial charge in [-0.3, -0.25) is 4.98 Å². The molecule has 0 aliphatic rings. The predicted molar refractivity (Wildman–Crippen MR) is 76.6 cm³/mol. The first-order valence-corrected chi connectivity index (χ1v) is 6.50. The molecular weight excluding hydrogens is 238 g/mol. The quantitative estimate of drug-likeness (QED) is 0.771. The lowest BCUT2D eigenvalue weighted by Crippen LogP contribution is -2.06. The molecule has 0 atom stereocenters. The highest BCUT2D eigenvalue weighted by Gasteiger charge is 2.13. The SMILES string of the molecule is CCOC(=O)c1cnc2c(C)c(C)c(C)c(C)c2c1. The van der Waals surface area contributed by atoms with Crippen molar-refractivity contribution in [1.82, 2.24) is 4.98 Å². The minimum Gasteiger partial charge on any atom is -0.462 e. The summed E-state index contributed by atoms with van der Waals surface area (Å²) in [6.45, 7) is 10.5. The fraction of sp³-hybridized carbons (Fsp3) is 0.375. The van der Waals surface area contributed by atoms with Gasteiger partial charge in [0, 0.05) is 11.6 Å². The van der Waals surface area contributed by atoms with Crippen LogP contribution >= 0.6 is 0 Å². The first-order valence-electron chi connectivity index (χ1n) is 6.50. The van der Waals surface area contributed by atoms with Crippen LogP contribution in [0, 0.1) is 27.7 Å². The van der Waals surface area contributed by atoms with Crippen LogP contribution in [0.5, 0.6) is 0 Å². The second-order valence-corrected chi connectivity index (χ2v) is 4.84. The normalized spacial score (nSPS) is 10.8. The Morgan fingerprint density at radius 1 is 1.11 bits per heavy atom. The van der Waals surface area contributed by atoms with Gasteiger partial charge in [0.25, 0.3) is 0 Å². The van der Waals surface area contributed by atoms with E-state index in [0.717, 1.165) is 10.9 Å². The van der Waals surface area contributed by atoms with E-state index in [4.69, 9.17) is 4.74 Å². The number of rotatable bonds is 2. The number of hydrogen-bond acceptors (Lipinski definition) is 3. The third kappa shape index (κ3) is 2.21. The van der Waals surface area contributed by atoms with Crippen LogP contribution in [0.1, 0.15) is 39.5 Å². The summed E-state index contributed by atoms with van der Waals surface area (Å²) < 4.78 is 5.02. The number of pyridine rings is 1. The topological polar surface area (TPSA) is 39.2 Å². The van der Waals surface area contributed by atoms with Gasteiger partial charge in [-0.2, -0.15) is 0 Å². The largest absolute Gasteiger partial charge is 0.462 e. The van der Waals surface area contributed by atoms with E-state index in [2.05, 4.69) is 32.7 Å². The Hall–Kier alpha value is -1.90. The standard InChI is InChI=1S/C16H19NO2/c1-6-19-16(18)13-7-14-11(4)9(2)10(3)12(5)15(14)17-8-13/h7-8H,6H2,1-5H3. The van der Waals surface area contributed by atoms with Crippen molar-refractivity contribution in [2.45, 2.75) is 34.6 Å². The lowest BCUT2D eigenvalue weighted by Gasteiger charge is -2.13. The number of carbonyl (C=O) groups excluding carboxylic acids is 1. The minimum absolute atomic E-state index is 0.313. The van der Waals surface area contributed by atoms with Crippen molar-refractivity contribution in [2.75, 3.05) is 6.61 Å². The van der Waals surface area contributed by atoms with E-state index in [1.165, 1.54) is 22.3 Å². The van der Waals surface area contributed by atoms with Crippen LogP contribution in [0.3, 0.4) is 0 Å². The molecule has 0 bridgehead atoms. The van der Waals surface area contributed by atoms with Crippen LogP contribution < -0.4 is 0 Å². The third-order valence-corrected chi connectivity index (χ3v) is 3.85. The van der Waals surface area contributed by atoms with Crippen LogP contribution in [0.4, 0.5) is 0 Å². The Morgan fingerprint density at radius 3 is 2.37 bits per heavy atom. The van der Waals surface area contributed by atoms with Crippen LogP contribution in [0.15, 0.2) is 12.3 Å². The molecular formula is C16H19NO2. The fourth-order valence-corrected chi connectivity index (χ4v) is 2.32. The van der Waals surface area contributed by atoms with Gasteiger partial charge in [-0.05, 0) is 62.9 Å². The number of esters is 1. The van der Waals surface area contributed by atoms with E-state index in [9.17, 15) is 4.79 Å². The highest BCUT2D eigenvalue weighted by atomic mass is 16.5. The first-order chi connectivity index (χ1) is 8.97. The molecule has 1 aromatic heterocycles. The summed E-state index contributed by atoms with van der Waals surface area (Å²) in [5.74, 6) is -0.313. The molecule has 3 heteroatoms. The molecule has 0 aliphatic carbocycles. The number of benzene rings is 1. The maximum absolute atomic E-state index is 11.8. The monoisotopic (exact) mass is 257 g/mol. The fourth-order valence-electron chi connectivity index (χ4n) is 2.32. The second kappa shape index (κ2) is 5.00. The number of fused-ring (bicyclic) bond motifs is 1. The van der Waals surface area contributed by atoms with Gasteiger partial charge in [0.05, 0.1) is 17.7 Å². The summed E-state index contributed by atoms with van der Waals surface area (Å²) in [5, 5.41) is 1.03. The molecule has 2 aromatic rings. The van der Waals surface area contributed by atoms with Gasteiger partial charge in [0.2, 0.25) is 0 Å². The Bertz CT molecular complexity index is 660. The minimum atomic E-state index is -0.313. The Kier molecular flexibility index (Phi) is 3.56. The molecule has 0 radical (unpaired) electrons. The Labute approximate surface area is 113 Å². The summed E-state index contributed by atoms with van der Waals surface area (Å²) in [7, 11) is 0. The van der Waals surface area contributed by atoms with Crippen LogP contribution in [0.25, 0.3) is 10.9 Å². The number of aromatic nitrogens is 1. The number of nitrogens with zero attached hydrogens (tertiary/aromatic N) is 1. The van der Waals surface area contributed by atoms with Crippen molar-refractivity contribution in [3.05, 3.63) is 40.1 Å². The summed E-state index contributed by atoms with van der Waals surface area (Å²) in [6, 6.07) is 1.88. The van der Waals surface area contributed by atoms with Crippen LogP contribution in [0.2, 0.25) is 0 Å². The van der Waals surface area contributed by atoms with Gasteiger partial charge >= 0.3 is 5.97 Å². The maximum atomic E-state index is 11.8. The number of ether oxygens (including phenoxy) is 1. The van der Waals surface area contributed by atoms with Crippen molar-refractivity contribution >= 4 is 16.9 Å². The third-order valence-electron chi connectivity index (χ3n) is 3.85. The molecule has 1 aromatic carbocycles. The van der Waals surface area contributed by atoms with E-state index in [-0.39, 0.29) is 5.97 Å². The van der Waals surface area contributed by atoms with Crippen molar-refractivity contribution in [3.8, 4) is 0 Å². The van der Waals surface area contributed by atoms with Gasteiger partial charge in [-0.15, -0.1) is 0 Å². The van der Waals surface area contributed by atoms with Crippen molar-refractivity contribution in [3.63, 3.8) is 0 Å². The van der Waals surface area contributed by atoms with Gasteiger partial charge in [-0.1, -0.05) is 0 Å². The first kappa shape index (κ1) is 13.5. The van der Waals surface area contributed by atoms with Crippen molar-refractivity contribution < 1.29 is 9.53 Å². The Morgan fingerprint density at radius 2 is 1.74 bits per heavy atom. The van der Waals surface area contributed by atoms with E-state index in [1.807, 2.05) is 6.07 Å². The van der Waals surface area contributed by atoms with Gasteiger partial charge in [0.1, 0.15) is 0 Å². The molecule has 0 unspecified atom stereocenters. The zero-order chi connectivity index (χ0) is 14.2. The summed E-state index contributed by atoms with van der Waals surface area (Å²) in [6.07, 6.45) is 1.60. The zero-order valence-electron chi connectivity index (χ0n) is 12.1. The molecule has 3 nitrogen and oxygen atoms in total. The molecule has 0 aliphatic heterocycles. The number of hydrogen-bond donors (Lipinski definition) is 0. The molecule has 2 rings (SSSR count). The van der Waals surface area contributed by atoms with Gasteiger partial charge in [0.15, 0.2) is 0 Å². The maximum Gasteiger partial charge on any atom is 0.339 e. The molecule has 0 N–H and O–H groups in total. The zero-order valence-corrected chi connectivity index (χ0v) is 12.1. The summed E-state index contributed by atoms with van der Waals surface area (Å²) in [4.78, 5) is 16.2. The highest BCUT2D eigenvalue weighted by Crippen LogP contribution is 2.28. The van der Waals surface area contributed by atoms with E-state index in [1.54, 1.807) is 13.1 Å². The van der Waals surface area contributed by atoms with Crippen LogP contribution in [-0.4, -0.2) is 17.6 Å². The molecule has 0 amide bonds. The van der Waals surface area contributed by atoms with E-state index in [0.29, 0.717) is 12.2 Å².